The molecule has 0 aliphatic rings. The summed E-state index contributed by atoms with van der Waals surface area (Å²) >= 11 is 0. The fourth-order valence-electron chi connectivity index (χ4n) is 0.121. The van der Waals surface area contributed by atoms with Crippen molar-refractivity contribution < 1.29 is 52.3 Å². The second kappa shape index (κ2) is 3.45. The first-order valence-corrected chi connectivity index (χ1v) is 1.87. The SMILES string of the molecule is O=C(O)C(F)(F)C(F)(F)F.[Pd]. The molecule has 0 heterocycles. The zero-order valence-corrected chi connectivity index (χ0v) is 6.12. The number of carboxylic acid groups (broad SMARTS) is 1. The Morgan fingerprint density at radius 2 is 1.36 bits per heavy atom. The second-order valence-electron chi connectivity index (χ2n) is 1.38. The Kier molecular flexibility index (Phi) is 4.20. The maximum Gasteiger partial charge on any atom is 0.465 e. The predicted molar refractivity (Wildman–Crippen MR) is 18.6 cm³/mol. The molecule has 0 aliphatic carbocycles. The van der Waals surface area contributed by atoms with E-state index in [0.717, 1.165) is 0 Å². The maximum absolute atomic E-state index is 11.3. The molecule has 0 rings (SSSR count). The zero-order chi connectivity index (χ0) is 8.58. The van der Waals surface area contributed by atoms with Gasteiger partial charge in [0.25, 0.3) is 0 Å². The molecular formula is C3HF5O2Pd. The molecule has 0 saturated heterocycles. The van der Waals surface area contributed by atoms with Gasteiger partial charge in [-0.3, -0.25) is 0 Å². The fourth-order valence-corrected chi connectivity index (χ4v) is 0.121. The van der Waals surface area contributed by atoms with E-state index in [1.165, 1.54) is 0 Å². The van der Waals surface area contributed by atoms with Crippen LogP contribution in [-0.4, -0.2) is 23.2 Å². The van der Waals surface area contributed by atoms with E-state index in [4.69, 9.17) is 5.11 Å². The van der Waals surface area contributed by atoms with Gasteiger partial charge in [0, 0.05) is 20.4 Å². The smallest absolute Gasteiger partial charge is 0.465 e. The van der Waals surface area contributed by atoms with E-state index < -0.39 is 18.1 Å². The van der Waals surface area contributed by atoms with Crippen LogP contribution in [0.2, 0.25) is 0 Å². The van der Waals surface area contributed by atoms with Crippen molar-refractivity contribution >= 4 is 5.97 Å². The minimum atomic E-state index is -6.02. The minimum Gasteiger partial charge on any atom is -0.477 e. The molecule has 11 heavy (non-hydrogen) atoms. The first kappa shape index (κ1) is 13.4. The summed E-state index contributed by atoms with van der Waals surface area (Å²) in [6.07, 6.45) is -6.02. The van der Waals surface area contributed by atoms with Crippen LogP contribution < -0.4 is 0 Å². The minimum absolute atomic E-state index is 0. The number of carboxylic acids is 1. The van der Waals surface area contributed by atoms with Crippen molar-refractivity contribution in [2.24, 2.45) is 0 Å². The molecule has 8 heteroatoms. The third-order valence-electron chi connectivity index (χ3n) is 0.625. The van der Waals surface area contributed by atoms with E-state index in [1.54, 1.807) is 0 Å². The number of alkyl halides is 5. The number of halogens is 5. The first-order valence-electron chi connectivity index (χ1n) is 1.87. The molecular weight excluding hydrogens is 269 g/mol. The van der Waals surface area contributed by atoms with Crippen LogP contribution >= 0.6 is 0 Å². The van der Waals surface area contributed by atoms with Gasteiger partial charge in [0.1, 0.15) is 0 Å². The molecule has 0 aromatic heterocycles. The van der Waals surface area contributed by atoms with Gasteiger partial charge in [0.05, 0.1) is 0 Å². The molecule has 0 amide bonds. The monoisotopic (exact) mass is 270 g/mol. The summed E-state index contributed by atoms with van der Waals surface area (Å²) < 4.78 is 55.5. The van der Waals surface area contributed by atoms with Gasteiger partial charge in [-0.2, -0.15) is 22.0 Å². The fraction of sp³-hybridized carbons (Fsp3) is 0.667. The average Bonchev–Trinajstić information content (AvgIpc) is 1.62. The van der Waals surface area contributed by atoms with Gasteiger partial charge in [-0.05, 0) is 0 Å². The molecule has 0 atom stereocenters. The summed E-state index contributed by atoms with van der Waals surface area (Å²) in [4.78, 5) is 9.20. The van der Waals surface area contributed by atoms with Gasteiger partial charge in [0.2, 0.25) is 0 Å². The zero-order valence-electron chi connectivity index (χ0n) is 4.56. The quantitative estimate of drug-likeness (QED) is 0.575. The van der Waals surface area contributed by atoms with Gasteiger partial charge in [-0.25, -0.2) is 4.79 Å². The van der Waals surface area contributed by atoms with Crippen LogP contribution in [0, 0.1) is 0 Å². The summed E-state index contributed by atoms with van der Waals surface area (Å²) in [5.74, 6) is -8.84. The van der Waals surface area contributed by atoms with Gasteiger partial charge < -0.3 is 5.11 Å². The van der Waals surface area contributed by atoms with E-state index in [-0.39, 0.29) is 20.4 Å². The largest absolute Gasteiger partial charge is 0.477 e. The van der Waals surface area contributed by atoms with Crippen molar-refractivity contribution in [1.29, 1.82) is 0 Å². The topological polar surface area (TPSA) is 37.3 Å². The van der Waals surface area contributed by atoms with Crippen LogP contribution in [-0.2, 0) is 25.2 Å². The number of rotatable bonds is 1. The van der Waals surface area contributed by atoms with Crippen LogP contribution in [0.25, 0.3) is 0 Å². The number of hydrogen-bond acceptors (Lipinski definition) is 1. The van der Waals surface area contributed by atoms with Gasteiger partial charge in [0.15, 0.2) is 0 Å². The van der Waals surface area contributed by atoms with Crippen molar-refractivity contribution in [3.8, 4) is 0 Å². The van der Waals surface area contributed by atoms with E-state index in [2.05, 4.69) is 0 Å². The summed E-state index contributed by atoms with van der Waals surface area (Å²) in [5.41, 5.74) is 0. The van der Waals surface area contributed by atoms with Gasteiger partial charge in [-0.1, -0.05) is 0 Å². The molecule has 0 aliphatic heterocycles. The molecule has 1 N–H and O–H groups in total. The number of aliphatic carboxylic acids is 1. The third-order valence-corrected chi connectivity index (χ3v) is 0.625. The number of hydrogen-bond donors (Lipinski definition) is 1. The van der Waals surface area contributed by atoms with Crippen LogP contribution in [0.5, 0.6) is 0 Å². The Balaban J connectivity index is 0. The summed E-state index contributed by atoms with van der Waals surface area (Å²) in [5, 5.41) is 7.31. The van der Waals surface area contributed by atoms with E-state index in [0.29, 0.717) is 0 Å². The molecule has 0 radical (unpaired) electrons. The van der Waals surface area contributed by atoms with Crippen molar-refractivity contribution in [3.05, 3.63) is 0 Å². The number of carbonyl (C=O) groups is 1. The Morgan fingerprint density at radius 1 is 1.09 bits per heavy atom. The summed E-state index contributed by atoms with van der Waals surface area (Å²) in [7, 11) is 0. The molecule has 0 aromatic carbocycles. The third kappa shape index (κ3) is 2.71. The Hall–Kier alpha value is -0.218. The molecule has 70 valence electrons. The van der Waals surface area contributed by atoms with E-state index >= 15 is 0 Å². The second-order valence-corrected chi connectivity index (χ2v) is 1.38. The van der Waals surface area contributed by atoms with Crippen molar-refractivity contribution in [2.75, 3.05) is 0 Å². The molecule has 2 nitrogen and oxygen atoms in total. The van der Waals surface area contributed by atoms with Crippen molar-refractivity contribution in [3.63, 3.8) is 0 Å². The van der Waals surface area contributed by atoms with Crippen LogP contribution in [0.3, 0.4) is 0 Å². The van der Waals surface area contributed by atoms with Crippen LogP contribution in [0.15, 0.2) is 0 Å². The van der Waals surface area contributed by atoms with Crippen molar-refractivity contribution in [2.45, 2.75) is 12.1 Å². The standard InChI is InChI=1S/C3HF5O2.Pd/c4-2(5,1(9)10)3(6,7)8;/h(H,9,10);. The molecule has 0 spiro atoms. The first-order chi connectivity index (χ1) is 4.19. The van der Waals surface area contributed by atoms with E-state index in [9.17, 15) is 26.7 Å². The maximum atomic E-state index is 11.3. The Morgan fingerprint density at radius 3 is 1.36 bits per heavy atom. The van der Waals surface area contributed by atoms with Gasteiger partial charge >= 0.3 is 18.1 Å². The predicted octanol–water partition coefficient (Wildman–Crippen LogP) is 1.27. The molecule has 0 aromatic rings. The Bertz CT molecular complexity index is 152. The van der Waals surface area contributed by atoms with Crippen LogP contribution in [0.4, 0.5) is 22.0 Å². The van der Waals surface area contributed by atoms with Gasteiger partial charge in [-0.15, -0.1) is 0 Å². The molecule has 0 fully saturated rings. The van der Waals surface area contributed by atoms with Crippen LogP contribution in [0.1, 0.15) is 0 Å². The molecule has 0 unspecified atom stereocenters. The summed E-state index contributed by atoms with van der Waals surface area (Å²) in [6.45, 7) is 0. The normalized spacial score (nSPS) is 12.1. The Labute approximate surface area is 71.0 Å². The molecule has 0 saturated carbocycles. The van der Waals surface area contributed by atoms with Crippen molar-refractivity contribution in [1.82, 2.24) is 0 Å². The van der Waals surface area contributed by atoms with E-state index in [1.807, 2.05) is 0 Å². The average molecular weight is 270 g/mol. The summed E-state index contributed by atoms with van der Waals surface area (Å²) in [6, 6.07) is 0. The molecule has 0 bridgehead atoms.